The molecule has 0 saturated carbocycles. The highest BCUT2D eigenvalue weighted by Crippen LogP contribution is 2.30. The number of amides is 1. The van der Waals surface area contributed by atoms with Crippen molar-refractivity contribution in [2.45, 2.75) is 6.18 Å². The van der Waals surface area contributed by atoms with Gasteiger partial charge in [0.25, 0.3) is 0 Å². The third-order valence-electron chi connectivity index (χ3n) is 2.12. The summed E-state index contributed by atoms with van der Waals surface area (Å²) in [4.78, 5) is 11.3. The molecule has 1 N–H and O–H groups in total. The van der Waals surface area contributed by atoms with Crippen LogP contribution in [0.1, 0.15) is 5.56 Å². The van der Waals surface area contributed by atoms with Gasteiger partial charge in [0.1, 0.15) is 6.61 Å². The van der Waals surface area contributed by atoms with E-state index in [-0.39, 0.29) is 18.9 Å². The number of nitrogens with one attached hydrogen (secondary N) is 1. The first-order valence-corrected chi connectivity index (χ1v) is 6.21. The number of carbonyl (C=O) groups is 1. The van der Waals surface area contributed by atoms with Gasteiger partial charge in [0.05, 0.1) is 18.8 Å². The van der Waals surface area contributed by atoms with Gasteiger partial charge in [0.2, 0.25) is 0 Å². The van der Waals surface area contributed by atoms with Crippen LogP contribution in [-0.4, -0.2) is 31.8 Å². The Balaban J connectivity index is 2.42. The molecular weight excluding hydrogens is 299 g/mol. The molecule has 0 aliphatic heterocycles. The zero-order valence-corrected chi connectivity index (χ0v) is 11.1. The monoisotopic (exact) mass is 311 g/mol. The van der Waals surface area contributed by atoms with Crippen LogP contribution in [0.2, 0.25) is 0 Å². The van der Waals surface area contributed by atoms with Crippen LogP contribution in [-0.2, 0) is 15.7 Å². The number of hydrogen-bond acceptors (Lipinski definition) is 3. The predicted molar refractivity (Wildman–Crippen MR) is 68.0 cm³/mol. The lowest BCUT2D eigenvalue weighted by Gasteiger charge is -2.10. The van der Waals surface area contributed by atoms with Crippen molar-refractivity contribution in [1.82, 2.24) is 0 Å². The number of rotatable bonds is 6. The molecule has 0 atom stereocenters. The summed E-state index contributed by atoms with van der Waals surface area (Å²) < 4.78 is 47.0. The lowest BCUT2D eigenvalue weighted by atomic mass is 10.2. The van der Waals surface area contributed by atoms with E-state index in [9.17, 15) is 18.0 Å². The van der Waals surface area contributed by atoms with Crippen molar-refractivity contribution in [3.63, 3.8) is 0 Å². The molecule has 0 aliphatic rings. The molecule has 0 saturated heterocycles. The predicted octanol–water partition coefficient (Wildman–Crippen LogP) is 3.51. The first kappa shape index (κ1) is 16.6. The number of anilines is 1. The Bertz CT molecular complexity index is 440. The summed E-state index contributed by atoms with van der Waals surface area (Å²) >= 11 is 5.36. The number of hydrogen-bond donors (Lipinski definition) is 1. The second kappa shape index (κ2) is 7.96. The van der Waals surface area contributed by atoms with Crippen molar-refractivity contribution in [2.24, 2.45) is 0 Å². The van der Waals surface area contributed by atoms with Crippen LogP contribution in [0.5, 0.6) is 0 Å². The van der Waals surface area contributed by atoms with Crippen LogP contribution in [0, 0.1) is 0 Å². The zero-order chi connectivity index (χ0) is 15.0. The highest BCUT2D eigenvalue weighted by atomic mass is 35.5. The Morgan fingerprint density at radius 2 is 2.00 bits per heavy atom. The minimum atomic E-state index is -4.46. The first-order chi connectivity index (χ1) is 9.43. The van der Waals surface area contributed by atoms with Crippen molar-refractivity contribution in [2.75, 3.05) is 31.0 Å². The second-order valence-corrected chi connectivity index (χ2v) is 4.02. The van der Waals surface area contributed by atoms with Crippen molar-refractivity contribution in [3.8, 4) is 0 Å². The highest BCUT2D eigenvalue weighted by Gasteiger charge is 2.30. The van der Waals surface area contributed by atoms with E-state index in [4.69, 9.17) is 21.1 Å². The number of carbonyl (C=O) groups excluding carboxylic acids is 1. The maximum absolute atomic E-state index is 12.5. The van der Waals surface area contributed by atoms with Crippen LogP contribution in [0.15, 0.2) is 24.3 Å². The Morgan fingerprint density at radius 1 is 1.25 bits per heavy atom. The number of benzene rings is 1. The molecule has 1 aromatic rings. The summed E-state index contributed by atoms with van der Waals surface area (Å²) in [7, 11) is 0. The van der Waals surface area contributed by atoms with Crippen molar-refractivity contribution in [3.05, 3.63) is 29.8 Å². The summed E-state index contributed by atoms with van der Waals surface area (Å²) in [5, 5.41) is 2.20. The average Bonchev–Trinajstić information content (AvgIpc) is 2.38. The first-order valence-electron chi connectivity index (χ1n) is 5.68. The number of ether oxygens (including phenoxy) is 2. The van der Waals surface area contributed by atoms with Crippen LogP contribution in [0.25, 0.3) is 0 Å². The number of alkyl halides is 4. The summed E-state index contributed by atoms with van der Waals surface area (Å²) in [6.45, 7) is 0.491. The molecule has 4 nitrogen and oxygen atoms in total. The molecule has 112 valence electrons. The molecule has 1 amide bonds. The molecule has 0 aromatic heterocycles. The van der Waals surface area contributed by atoms with E-state index in [1.54, 1.807) is 0 Å². The molecule has 0 heterocycles. The standard InChI is InChI=1S/C12H13ClF3NO3/c13-4-5-19-6-7-20-11(18)17-10-3-1-2-9(8-10)12(14,15)16/h1-3,8H,4-7H2,(H,17,18). The summed E-state index contributed by atoms with van der Waals surface area (Å²) in [6, 6.07) is 4.27. The smallest absolute Gasteiger partial charge is 0.416 e. The van der Waals surface area contributed by atoms with Crippen LogP contribution >= 0.6 is 11.6 Å². The van der Waals surface area contributed by atoms with Gasteiger partial charge < -0.3 is 9.47 Å². The van der Waals surface area contributed by atoms with Gasteiger partial charge in [-0.1, -0.05) is 6.07 Å². The van der Waals surface area contributed by atoms with Gasteiger partial charge in [0, 0.05) is 11.6 Å². The van der Waals surface area contributed by atoms with E-state index < -0.39 is 17.8 Å². The third-order valence-corrected chi connectivity index (χ3v) is 2.27. The molecule has 0 bridgehead atoms. The Morgan fingerprint density at radius 3 is 2.65 bits per heavy atom. The van der Waals surface area contributed by atoms with E-state index in [2.05, 4.69) is 5.32 Å². The molecule has 0 radical (unpaired) electrons. The van der Waals surface area contributed by atoms with E-state index in [0.717, 1.165) is 12.1 Å². The molecular formula is C12H13ClF3NO3. The zero-order valence-electron chi connectivity index (χ0n) is 10.4. The lowest BCUT2D eigenvalue weighted by molar-refractivity contribution is -0.137. The molecule has 0 aliphatic carbocycles. The molecule has 0 fully saturated rings. The highest BCUT2D eigenvalue weighted by molar-refractivity contribution is 6.17. The number of halogens is 4. The Labute approximate surface area is 118 Å². The lowest BCUT2D eigenvalue weighted by Crippen LogP contribution is -2.17. The van der Waals surface area contributed by atoms with Gasteiger partial charge in [-0.15, -0.1) is 11.6 Å². The summed E-state index contributed by atoms with van der Waals surface area (Å²) in [5.41, 5.74) is -0.841. The third kappa shape index (κ3) is 6.12. The fourth-order valence-electron chi connectivity index (χ4n) is 1.28. The van der Waals surface area contributed by atoms with E-state index in [1.165, 1.54) is 12.1 Å². The Hall–Kier alpha value is -1.47. The van der Waals surface area contributed by atoms with Gasteiger partial charge in [-0.25, -0.2) is 4.79 Å². The fraction of sp³-hybridized carbons (Fsp3) is 0.417. The van der Waals surface area contributed by atoms with Gasteiger partial charge >= 0.3 is 12.3 Å². The largest absolute Gasteiger partial charge is 0.447 e. The minimum Gasteiger partial charge on any atom is -0.447 e. The topological polar surface area (TPSA) is 47.6 Å². The summed E-state index contributed by atoms with van der Waals surface area (Å²) in [5.74, 6) is 0.330. The van der Waals surface area contributed by atoms with E-state index >= 15 is 0 Å². The Kier molecular flexibility index (Phi) is 6.60. The maximum Gasteiger partial charge on any atom is 0.416 e. The molecule has 20 heavy (non-hydrogen) atoms. The van der Waals surface area contributed by atoms with Gasteiger partial charge in [0.15, 0.2) is 0 Å². The maximum atomic E-state index is 12.5. The normalized spacial score (nSPS) is 11.2. The quantitative estimate of drug-likeness (QED) is 0.646. The van der Waals surface area contributed by atoms with E-state index in [0.29, 0.717) is 12.5 Å². The molecule has 0 spiro atoms. The minimum absolute atomic E-state index is 0.00602. The van der Waals surface area contributed by atoms with E-state index in [1.807, 2.05) is 0 Å². The van der Waals surface area contributed by atoms with Gasteiger partial charge in [-0.2, -0.15) is 13.2 Å². The molecule has 1 aromatic carbocycles. The average molecular weight is 312 g/mol. The van der Waals surface area contributed by atoms with Gasteiger partial charge in [-0.3, -0.25) is 5.32 Å². The van der Waals surface area contributed by atoms with Crippen LogP contribution in [0.4, 0.5) is 23.7 Å². The van der Waals surface area contributed by atoms with Crippen molar-refractivity contribution < 1.29 is 27.4 Å². The van der Waals surface area contributed by atoms with Crippen LogP contribution < -0.4 is 5.32 Å². The molecule has 8 heteroatoms. The molecule has 0 unspecified atom stereocenters. The van der Waals surface area contributed by atoms with Crippen molar-refractivity contribution >= 4 is 23.4 Å². The van der Waals surface area contributed by atoms with Crippen molar-refractivity contribution in [1.29, 1.82) is 0 Å². The van der Waals surface area contributed by atoms with Gasteiger partial charge in [-0.05, 0) is 18.2 Å². The second-order valence-electron chi connectivity index (χ2n) is 3.64. The fourth-order valence-corrected chi connectivity index (χ4v) is 1.39. The SMILES string of the molecule is O=C(Nc1cccc(C(F)(F)F)c1)OCCOCCCl. The molecule has 1 rings (SSSR count). The summed E-state index contributed by atoms with van der Waals surface area (Å²) in [6.07, 6.45) is -5.31. The van der Waals surface area contributed by atoms with Crippen LogP contribution in [0.3, 0.4) is 0 Å².